The summed E-state index contributed by atoms with van der Waals surface area (Å²) < 4.78 is 15.0. The lowest BCUT2D eigenvalue weighted by molar-refractivity contribution is 0.229. The van der Waals surface area contributed by atoms with Gasteiger partial charge in [-0.2, -0.15) is 0 Å². The van der Waals surface area contributed by atoms with E-state index in [1.807, 2.05) is 6.07 Å². The Labute approximate surface area is 230 Å². The van der Waals surface area contributed by atoms with E-state index < -0.39 is 5.82 Å². The Kier molecular flexibility index (Phi) is 7.40. The predicted molar refractivity (Wildman–Crippen MR) is 153 cm³/mol. The summed E-state index contributed by atoms with van der Waals surface area (Å²) in [4.78, 5) is 22.3. The van der Waals surface area contributed by atoms with Gasteiger partial charge >= 0.3 is 6.03 Å². The number of nitrogens with one attached hydrogen (secondary N) is 2. The lowest BCUT2D eigenvalue weighted by Crippen LogP contribution is -2.44. The minimum Gasteiger partial charge on any atom is -0.507 e. The monoisotopic (exact) mass is 549 g/mol. The van der Waals surface area contributed by atoms with Crippen molar-refractivity contribution in [2.24, 2.45) is 5.73 Å². The molecule has 1 aromatic heterocycles. The number of nitrogens with zero attached hydrogens (tertiary/aromatic N) is 4. The predicted octanol–water partition coefficient (Wildman–Crippen LogP) is 4.14. The molecule has 9 nitrogen and oxygen atoms in total. The van der Waals surface area contributed by atoms with Crippen molar-refractivity contribution in [2.45, 2.75) is 0 Å². The molecule has 3 heterocycles. The van der Waals surface area contributed by atoms with E-state index in [0.717, 1.165) is 25.0 Å². The van der Waals surface area contributed by atoms with E-state index in [4.69, 9.17) is 22.7 Å². The summed E-state index contributed by atoms with van der Waals surface area (Å²) in [5.41, 5.74) is 9.61. The zero-order valence-electron chi connectivity index (χ0n) is 21.4. The molecule has 5 N–H and O–H groups in total. The number of hydrogen-bond acceptors (Lipinski definition) is 7. The van der Waals surface area contributed by atoms with Gasteiger partial charge in [0.2, 0.25) is 0 Å². The molecule has 2 aliphatic heterocycles. The molecule has 5 rings (SSSR count). The number of hydrogen-bond donors (Lipinski definition) is 4. The van der Waals surface area contributed by atoms with Crippen molar-refractivity contribution in [1.82, 2.24) is 15.2 Å². The van der Waals surface area contributed by atoms with E-state index in [-0.39, 0.29) is 22.9 Å². The Balaban J connectivity index is 1.57. The number of rotatable bonds is 6. The highest BCUT2D eigenvalue weighted by Gasteiger charge is 2.28. The summed E-state index contributed by atoms with van der Waals surface area (Å²) in [5, 5.41) is 22.7. The number of aromatic hydroxyl groups is 1. The van der Waals surface area contributed by atoms with Crippen molar-refractivity contribution in [1.29, 1.82) is 5.41 Å². The first-order chi connectivity index (χ1) is 18.8. The Hall–Kier alpha value is -4.15. The highest BCUT2D eigenvalue weighted by atomic mass is 35.5. The fourth-order valence-electron chi connectivity index (χ4n) is 4.97. The third kappa shape index (κ3) is 5.00. The summed E-state index contributed by atoms with van der Waals surface area (Å²) in [6, 6.07) is 9.25. The van der Waals surface area contributed by atoms with Crippen molar-refractivity contribution >= 4 is 40.8 Å². The van der Waals surface area contributed by atoms with Gasteiger partial charge < -0.3 is 31.4 Å². The van der Waals surface area contributed by atoms with Gasteiger partial charge in [0.15, 0.2) is 0 Å². The third-order valence-electron chi connectivity index (χ3n) is 7.09. The number of aromatic nitrogens is 1. The number of amides is 2. The highest BCUT2D eigenvalue weighted by Crippen LogP contribution is 2.42. The van der Waals surface area contributed by atoms with Crippen LogP contribution < -0.4 is 20.9 Å². The van der Waals surface area contributed by atoms with E-state index in [0.29, 0.717) is 59.3 Å². The molecule has 11 heteroatoms. The first kappa shape index (κ1) is 26.5. The number of phenols is 1. The molecule has 2 aromatic carbocycles. The Morgan fingerprint density at radius 1 is 1.10 bits per heavy atom. The average molecular weight is 550 g/mol. The van der Waals surface area contributed by atoms with Crippen LogP contribution in [0.5, 0.6) is 5.75 Å². The number of carbonyl (C=O) groups is 1. The zero-order valence-corrected chi connectivity index (χ0v) is 22.2. The number of benzene rings is 2. The smallest absolute Gasteiger partial charge is 0.324 e. The van der Waals surface area contributed by atoms with E-state index in [1.54, 1.807) is 35.0 Å². The SMILES string of the molecule is CN1CCN(c2ccc(-c3cc(F)cc(-c4cnc(/C(C=N)=C/N)c(N5CCNCC5)c4)c3O)cc2Cl)C1=O. The van der Waals surface area contributed by atoms with Crippen LogP contribution in [-0.4, -0.2) is 73.6 Å². The van der Waals surface area contributed by atoms with Crippen LogP contribution in [0.2, 0.25) is 5.02 Å². The number of halogens is 2. The number of carbonyl (C=O) groups excluding carboxylic acids is 1. The van der Waals surface area contributed by atoms with Crippen molar-refractivity contribution in [3.8, 4) is 28.0 Å². The molecule has 2 saturated heterocycles. The normalized spacial score (nSPS) is 16.2. The largest absolute Gasteiger partial charge is 0.507 e. The molecule has 0 radical (unpaired) electrons. The standard InChI is InChI=1S/C28H29ClFN7O2/c1-35-8-9-37(28(35)39)24-3-2-17(10-23(24)29)21-12-20(30)13-22(27(21)38)18-11-25(36-6-4-33-5-7-36)26(34-16-18)19(14-31)15-32/h2-3,10-16,31,33,38H,4-9,32H2,1H3/b19-15+,31-14?. The van der Waals surface area contributed by atoms with Gasteiger partial charge in [0, 0.05) is 87.2 Å². The molecule has 2 fully saturated rings. The van der Waals surface area contributed by atoms with Crippen LogP contribution in [-0.2, 0) is 0 Å². The first-order valence-corrected chi connectivity index (χ1v) is 12.9. The van der Waals surface area contributed by atoms with Crippen molar-refractivity contribution in [3.05, 3.63) is 65.3 Å². The maximum Gasteiger partial charge on any atom is 0.324 e. The van der Waals surface area contributed by atoms with Gasteiger partial charge in [-0.1, -0.05) is 17.7 Å². The number of phenolic OH excluding ortho intramolecular Hbond substituents is 1. The molecule has 2 aliphatic rings. The van der Waals surface area contributed by atoms with E-state index in [2.05, 4.69) is 15.2 Å². The maximum atomic E-state index is 15.0. The number of urea groups is 1. The van der Waals surface area contributed by atoms with Gasteiger partial charge in [0.1, 0.15) is 11.6 Å². The lowest BCUT2D eigenvalue weighted by atomic mass is 9.96. The van der Waals surface area contributed by atoms with Crippen molar-refractivity contribution in [2.75, 3.05) is 56.1 Å². The molecule has 0 aliphatic carbocycles. The minimum absolute atomic E-state index is 0.125. The molecule has 39 heavy (non-hydrogen) atoms. The van der Waals surface area contributed by atoms with Crippen molar-refractivity contribution in [3.63, 3.8) is 0 Å². The summed E-state index contributed by atoms with van der Waals surface area (Å²) in [7, 11) is 1.73. The maximum absolute atomic E-state index is 15.0. The molecule has 0 unspecified atom stereocenters. The fourth-order valence-corrected chi connectivity index (χ4v) is 5.25. The van der Waals surface area contributed by atoms with Crippen molar-refractivity contribution < 1.29 is 14.3 Å². The molecular weight excluding hydrogens is 521 g/mol. The third-order valence-corrected chi connectivity index (χ3v) is 7.39. The molecule has 0 bridgehead atoms. The second-order valence-electron chi connectivity index (χ2n) is 9.47. The zero-order chi connectivity index (χ0) is 27.7. The van der Waals surface area contributed by atoms with E-state index >= 15 is 0 Å². The van der Waals surface area contributed by atoms with Gasteiger partial charge in [-0.3, -0.25) is 9.88 Å². The molecule has 202 valence electrons. The second kappa shape index (κ2) is 10.9. The quantitative estimate of drug-likeness (QED) is 0.343. The van der Waals surface area contributed by atoms with Gasteiger partial charge in [0.25, 0.3) is 0 Å². The Bertz CT molecular complexity index is 1470. The van der Waals surface area contributed by atoms with Crippen LogP contribution in [0.15, 0.2) is 48.8 Å². The number of allylic oxidation sites excluding steroid dienone is 1. The number of nitrogens with two attached hydrogens (primary N) is 1. The molecule has 0 saturated carbocycles. The highest BCUT2D eigenvalue weighted by molar-refractivity contribution is 6.34. The van der Waals surface area contributed by atoms with Crippen LogP contribution >= 0.6 is 11.6 Å². The number of piperazine rings is 1. The molecular formula is C28H29ClFN7O2. The summed E-state index contributed by atoms with van der Waals surface area (Å²) in [6.45, 7) is 4.10. The van der Waals surface area contributed by atoms with Crippen LogP contribution in [0.3, 0.4) is 0 Å². The molecule has 0 atom stereocenters. The molecule has 3 aromatic rings. The van der Waals surface area contributed by atoms with Crippen LogP contribution in [0.4, 0.5) is 20.6 Å². The van der Waals surface area contributed by atoms with Crippen LogP contribution in [0.1, 0.15) is 5.69 Å². The number of anilines is 2. The second-order valence-corrected chi connectivity index (χ2v) is 9.87. The molecule has 0 spiro atoms. The first-order valence-electron chi connectivity index (χ1n) is 12.6. The summed E-state index contributed by atoms with van der Waals surface area (Å²) in [6.07, 6.45) is 4.02. The Morgan fingerprint density at radius 2 is 1.82 bits per heavy atom. The minimum atomic E-state index is -0.538. The lowest BCUT2D eigenvalue weighted by Gasteiger charge is -2.31. The van der Waals surface area contributed by atoms with Gasteiger partial charge in [-0.15, -0.1) is 0 Å². The molecule has 2 amide bonds. The Morgan fingerprint density at radius 3 is 2.44 bits per heavy atom. The van der Waals surface area contributed by atoms with Gasteiger partial charge in [-0.05, 0) is 35.9 Å². The van der Waals surface area contributed by atoms with Crippen LogP contribution in [0.25, 0.3) is 27.8 Å². The van der Waals surface area contributed by atoms with Gasteiger partial charge in [0.05, 0.1) is 22.1 Å². The number of pyridine rings is 1. The summed E-state index contributed by atoms with van der Waals surface area (Å²) >= 11 is 6.56. The number of likely N-dealkylation sites (N-methyl/N-ethyl adjacent to an activating group) is 1. The summed E-state index contributed by atoms with van der Waals surface area (Å²) in [5.74, 6) is -0.663. The average Bonchev–Trinajstić information content (AvgIpc) is 3.28. The van der Waals surface area contributed by atoms with Crippen LogP contribution in [0, 0.1) is 11.2 Å². The van der Waals surface area contributed by atoms with E-state index in [1.165, 1.54) is 24.5 Å². The topological polar surface area (TPSA) is 122 Å². The van der Waals surface area contributed by atoms with E-state index in [9.17, 15) is 14.3 Å². The van der Waals surface area contributed by atoms with Gasteiger partial charge in [-0.25, -0.2) is 9.18 Å². The fraction of sp³-hybridized carbons (Fsp3) is 0.250.